The second-order valence-electron chi connectivity index (χ2n) is 6.20. The van der Waals surface area contributed by atoms with Gasteiger partial charge in [0, 0.05) is 17.8 Å². The van der Waals surface area contributed by atoms with Crippen molar-refractivity contribution < 1.29 is 9.59 Å². The number of rotatable bonds is 6. The number of anilines is 1. The van der Waals surface area contributed by atoms with E-state index >= 15 is 0 Å². The molecular weight excluding hydrogens is 324 g/mol. The minimum atomic E-state index is -0.127. The molecule has 0 fully saturated rings. The molecular formula is C22H22N2O2. The van der Waals surface area contributed by atoms with Gasteiger partial charge in [0.1, 0.15) is 0 Å². The van der Waals surface area contributed by atoms with E-state index in [0.29, 0.717) is 24.2 Å². The number of amides is 2. The van der Waals surface area contributed by atoms with Crippen LogP contribution in [0.4, 0.5) is 5.69 Å². The Morgan fingerprint density at radius 3 is 2.62 bits per heavy atom. The standard InChI is InChI=1S/C22H22N2O2/c1-2-13-23-22(26)18-8-6-9-19(14-18)24-21(25)15-17-12-11-16-7-4-3-5-10-20(16)17/h3-12,14H,2,13,15H2,1H3,(H,23,26)(H,24,25). The summed E-state index contributed by atoms with van der Waals surface area (Å²) < 4.78 is 0. The van der Waals surface area contributed by atoms with E-state index in [2.05, 4.69) is 10.6 Å². The zero-order chi connectivity index (χ0) is 18.4. The molecule has 0 spiro atoms. The van der Waals surface area contributed by atoms with Gasteiger partial charge in [0.2, 0.25) is 5.91 Å². The quantitative estimate of drug-likeness (QED) is 0.705. The summed E-state index contributed by atoms with van der Waals surface area (Å²) in [6.07, 6.45) is 1.17. The third-order valence-corrected chi connectivity index (χ3v) is 4.18. The first kappa shape index (κ1) is 17.7. The lowest BCUT2D eigenvalue weighted by Gasteiger charge is -2.08. The lowest BCUT2D eigenvalue weighted by atomic mass is 10.1. The van der Waals surface area contributed by atoms with Gasteiger partial charge in [-0.05, 0) is 41.3 Å². The molecule has 0 unspecified atom stereocenters. The smallest absolute Gasteiger partial charge is 0.251 e. The molecule has 26 heavy (non-hydrogen) atoms. The zero-order valence-electron chi connectivity index (χ0n) is 14.8. The van der Waals surface area contributed by atoms with Crippen LogP contribution in [0.2, 0.25) is 0 Å². The molecule has 4 nitrogen and oxygen atoms in total. The zero-order valence-corrected chi connectivity index (χ0v) is 14.8. The summed E-state index contributed by atoms with van der Waals surface area (Å²) in [4.78, 5) is 24.5. The molecule has 1 aromatic rings. The van der Waals surface area contributed by atoms with Crippen molar-refractivity contribution in [3.63, 3.8) is 0 Å². The van der Waals surface area contributed by atoms with Gasteiger partial charge in [-0.3, -0.25) is 9.59 Å². The van der Waals surface area contributed by atoms with Crippen LogP contribution in [0.15, 0.2) is 66.7 Å². The van der Waals surface area contributed by atoms with E-state index in [1.807, 2.05) is 49.4 Å². The molecule has 2 aliphatic carbocycles. The maximum Gasteiger partial charge on any atom is 0.251 e. The fraction of sp³-hybridized carbons (Fsp3) is 0.182. The molecule has 132 valence electrons. The van der Waals surface area contributed by atoms with Crippen molar-refractivity contribution in [3.05, 3.63) is 77.9 Å². The normalized spacial score (nSPS) is 10.5. The number of nitrogens with one attached hydrogen (secondary N) is 2. The molecule has 0 saturated heterocycles. The van der Waals surface area contributed by atoms with Gasteiger partial charge in [-0.25, -0.2) is 0 Å². The number of fused-ring (bicyclic) bond motifs is 1. The molecule has 3 rings (SSSR count). The van der Waals surface area contributed by atoms with E-state index in [1.54, 1.807) is 24.3 Å². The minimum Gasteiger partial charge on any atom is -0.352 e. The number of hydrogen-bond donors (Lipinski definition) is 2. The van der Waals surface area contributed by atoms with Crippen LogP contribution in [0, 0.1) is 0 Å². The fourth-order valence-corrected chi connectivity index (χ4v) is 2.89. The highest BCUT2D eigenvalue weighted by Gasteiger charge is 2.12. The number of hydrogen-bond acceptors (Lipinski definition) is 2. The van der Waals surface area contributed by atoms with Gasteiger partial charge in [-0.15, -0.1) is 0 Å². The summed E-state index contributed by atoms with van der Waals surface area (Å²) >= 11 is 0. The van der Waals surface area contributed by atoms with E-state index < -0.39 is 0 Å². The van der Waals surface area contributed by atoms with Crippen molar-refractivity contribution in [2.45, 2.75) is 19.8 Å². The van der Waals surface area contributed by atoms with Crippen molar-refractivity contribution >= 4 is 17.5 Å². The monoisotopic (exact) mass is 346 g/mol. The molecule has 2 N–H and O–H groups in total. The van der Waals surface area contributed by atoms with Gasteiger partial charge in [0.25, 0.3) is 5.91 Å². The van der Waals surface area contributed by atoms with Gasteiger partial charge in [-0.1, -0.05) is 55.5 Å². The summed E-state index contributed by atoms with van der Waals surface area (Å²) in [5, 5.41) is 5.72. The second kappa shape index (κ2) is 8.30. The summed E-state index contributed by atoms with van der Waals surface area (Å²) in [5.41, 5.74) is 4.36. The second-order valence-corrected chi connectivity index (χ2v) is 6.20. The lowest BCUT2D eigenvalue weighted by molar-refractivity contribution is -0.115. The van der Waals surface area contributed by atoms with Crippen molar-refractivity contribution in [2.75, 3.05) is 11.9 Å². The molecule has 0 saturated carbocycles. The van der Waals surface area contributed by atoms with Gasteiger partial charge < -0.3 is 10.6 Å². The Morgan fingerprint density at radius 1 is 0.923 bits per heavy atom. The summed E-state index contributed by atoms with van der Waals surface area (Å²) in [6.45, 7) is 2.64. The van der Waals surface area contributed by atoms with E-state index in [4.69, 9.17) is 0 Å². The third-order valence-electron chi connectivity index (χ3n) is 4.18. The maximum absolute atomic E-state index is 12.4. The first-order valence-corrected chi connectivity index (χ1v) is 8.82. The van der Waals surface area contributed by atoms with Crippen molar-refractivity contribution in [3.8, 4) is 11.1 Å². The molecule has 0 aliphatic heterocycles. The van der Waals surface area contributed by atoms with Crippen LogP contribution in [0.3, 0.4) is 0 Å². The van der Waals surface area contributed by atoms with Gasteiger partial charge in [-0.2, -0.15) is 0 Å². The molecule has 1 aromatic carbocycles. The lowest BCUT2D eigenvalue weighted by Crippen LogP contribution is -2.24. The average molecular weight is 346 g/mol. The molecule has 0 aromatic heterocycles. The minimum absolute atomic E-state index is 0.102. The predicted molar refractivity (Wildman–Crippen MR) is 104 cm³/mol. The number of carbonyl (C=O) groups excluding carboxylic acids is 2. The van der Waals surface area contributed by atoms with Crippen LogP contribution in [-0.4, -0.2) is 18.4 Å². The Morgan fingerprint density at radius 2 is 1.77 bits per heavy atom. The van der Waals surface area contributed by atoms with E-state index in [9.17, 15) is 9.59 Å². The first-order valence-electron chi connectivity index (χ1n) is 8.82. The number of benzene rings is 1. The van der Waals surface area contributed by atoms with Gasteiger partial charge in [0.15, 0.2) is 0 Å². The van der Waals surface area contributed by atoms with Crippen molar-refractivity contribution in [2.24, 2.45) is 0 Å². The Hall–Kier alpha value is -3.14. The van der Waals surface area contributed by atoms with Crippen molar-refractivity contribution in [1.29, 1.82) is 0 Å². The molecule has 0 heterocycles. The molecule has 2 aliphatic rings. The van der Waals surface area contributed by atoms with Crippen LogP contribution in [0.1, 0.15) is 29.3 Å². The largest absolute Gasteiger partial charge is 0.352 e. The van der Waals surface area contributed by atoms with Crippen molar-refractivity contribution in [1.82, 2.24) is 5.32 Å². The maximum atomic E-state index is 12.4. The SMILES string of the molecule is CCCNC(=O)c1cccc(NC(=O)Cc2ccc3cccccc2-3)c1. The Labute approximate surface area is 153 Å². The number of carbonyl (C=O) groups is 2. The topological polar surface area (TPSA) is 58.2 Å². The van der Waals surface area contributed by atoms with Crippen LogP contribution >= 0.6 is 0 Å². The van der Waals surface area contributed by atoms with E-state index in [-0.39, 0.29) is 11.8 Å². The van der Waals surface area contributed by atoms with Gasteiger partial charge >= 0.3 is 0 Å². The molecule has 0 atom stereocenters. The summed E-state index contributed by atoms with van der Waals surface area (Å²) in [6, 6.07) is 21.0. The summed E-state index contributed by atoms with van der Waals surface area (Å²) in [7, 11) is 0. The Balaban J connectivity index is 1.68. The Bertz CT molecular complexity index is 889. The van der Waals surface area contributed by atoms with Crippen LogP contribution in [-0.2, 0) is 11.2 Å². The Kier molecular flexibility index (Phi) is 5.64. The fourth-order valence-electron chi connectivity index (χ4n) is 2.89. The van der Waals surface area contributed by atoms with Crippen LogP contribution in [0.5, 0.6) is 0 Å². The summed E-state index contributed by atoms with van der Waals surface area (Å²) in [5.74, 6) is -0.229. The predicted octanol–water partition coefficient (Wildman–Crippen LogP) is 4.11. The van der Waals surface area contributed by atoms with Gasteiger partial charge in [0.05, 0.1) is 6.42 Å². The van der Waals surface area contributed by atoms with E-state index in [0.717, 1.165) is 23.1 Å². The highest BCUT2D eigenvalue weighted by atomic mass is 16.2. The van der Waals surface area contributed by atoms with Crippen LogP contribution < -0.4 is 10.6 Å². The average Bonchev–Trinajstić information content (AvgIpc) is 2.86. The molecule has 0 bridgehead atoms. The molecule has 0 radical (unpaired) electrons. The third kappa shape index (κ3) is 4.28. The first-order chi connectivity index (χ1) is 12.7. The molecule has 4 heteroatoms. The van der Waals surface area contributed by atoms with Crippen LogP contribution in [0.25, 0.3) is 11.1 Å². The van der Waals surface area contributed by atoms with E-state index in [1.165, 1.54) is 0 Å². The highest BCUT2D eigenvalue weighted by Crippen LogP contribution is 2.27. The molecule has 2 amide bonds. The highest BCUT2D eigenvalue weighted by molar-refractivity contribution is 5.98.